The summed E-state index contributed by atoms with van der Waals surface area (Å²) < 4.78 is 3.42. The van der Waals surface area contributed by atoms with E-state index >= 15 is 0 Å². The van der Waals surface area contributed by atoms with Crippen LogP contribution in [0.2, 0.25) is 7.25 Å². The summed E-state index contributed by atoms with van der Waals surface area (Å²) >= 11 is -2.88. The number of hydrogen-bond donors (Lipinski definition) is 0. The van der Waals surface area contributed by atoms with E-state index in [-0.39, 0.29) is 24.8 Å². The van der Waals surface area contributed by atoms with Crippen LogP contribution in [-0.4, -0.2) is 0 Å². The summed E-state index contributed by atoms with van der Waals surface area (Å²) in [6.07, 6.45) is 11.1. The van der Waals surface area contributed by atoms with Gasteiger partial charge in [0.15, 0.2) is 0 Å². The smallest absolute Gasteiger partial charge is 1.00 e. The number of aryl methyl sites for hydroxylation is 2. The van der Waals surface area contributed by atoms with Crippen LogP contribution < -0.4 is 24.8 Å². The van der Waals surface area contributed by atoms with Crippen molar-refractivity contribution in [2.24, 2.45) is 0 Å². The van der Waals surface area contributed by atoms with Crippen molar-refractivity contribution in [3.8, 4) is 22.3 Å². The number of rotatable bonds is 4. The van der Waals surface area contributed by atoms with Gasteiger partial charge in [0.2, 0.25) is 0 Å². The van der Waals surface area contributed by atoms with Gasteiger partial charge in [0.1, 0.15) is 0 Å². The predicted octanol–water partition coefficient (Wildman–Crippen LogP) is 5.58. The van der Waals surface area contributed by atoms with Gasteiger partial charge in [-0.3, -0.25) is 0 Å². The van der Waals surface area contributed by atoms with E-state index in [1.807, 2.05) is 0 Å². The average molecular weight is 683 g/mol. The largest absolute Gasteiger partial charge is 1.00 e. The maximum atomic E-state index is 2.61. The molecule has 1 aliphatic heterocycles. The fourth-order valence-electron chi connectivity index (χ4n) is 9.64. The van der Waals surface area contributed by atoms with E-state index in [4.69, 9.17) is 0 Å². The van der Waals surface area contributed by atoms with Crippen LogP contribution in [0.25, 0.3) is 34.4 Å². The van der Waals surface area contributed by atoms with Crippen molar-refractivity contribution in [1.82, 2.24) is 0 Å². The molecule has 0 N–H and O–H groups in total. The van der Waals surface area contributed by atoms with Gasteiger partial charge in [-0.1, -0.05) is 0 Å². The van der Waals surface area contributed by atoms with Crippen molar-refractivity contribution < 1.29 is 45.1 Å². The van der Waals surface area contributed by atoms with Crippen molar-refractivity contribution in [3.63, 3.8) is 0 Å². The molecule has 0 aromatic heterocycles. The number of fused-ring (bicyclic) bond motifs is 3. The van der Waals surface area contributed by atoms with Gasteiger partial charge in [-0.25, -0.2) is 0 Å². The van der Waals surface area contributed by atoms with E-state index in [0.717, 1.165) is 7.25 Å². The summed E-state index contributed by atoms with van der Waals surface area (Å²) in [5, 5.41) is 0. The zero-order valence-corrected chi connectivity index (χ0v) is 29.6. The Balaban J connectivity index is 0.00000165. The second-order valence-electron chi connectivity index (χ2n) is 13.5. The summed E-state index contributed by atoms with van der Waals surface area (Å²) in [4.78, 5) is 0. The molecule has 4 aromatic carbocycles. The Hall–Kier alpha value is -2.18. The Morgan fingerprint density at radius 1 is 0.512 bits per heavy atom. The zero-order chi connectivity index (χ0) is 27.9. The molecule has 0 nitrogen and oxygen atoms in total. The van der Waals surface area contributed by atoms with E-state index < -0.39 is 20.3 Å². The summed E-state index contributed by atoms with van der Waals surface area (Å²) in [5.41, 5.74) is 17.9. The second kappa shape index (κ2) is 11.6. The van der Waals surface area contributed by atoms with Crippen LogP contribution in [0.5, 0.6) is 0 Å². The molecule has 2 fully saturated rings. The van der Waals surface area contributed by atoms with Gasteiger partial charge in [0.05, 0.1) is 0 Å². The minimum Gasteiger partial charge on any atom is -1.00 e. The van der Waals surface area contributed by atoms with E-state index in [2.05, 4.69) is 125 Å². The molecule has 3 heteroatoms. The molecule has 43 heavy (non-hydrogen) atoms. The van der Waals surface area contributed by atoms with Crippen LogP contribution in [-0.2, 0) is 20.3 Å². The molecule has 4 aromatic rings. The van der Waals surface area contributed by atoms with Gasteiger partial charge in [-0.15, -0.1) is 0 Å². The van der Waals surface area contributed by atoms with E-state index in [1.54, 1.807) is 22.3 Å². The van der Waals surface area contributed by atoms with E-state index in [0.29, 0.717) is 7.25 Å². The van der Waals surface area contributed by atoms with Crippen LogP contribution in [0.3, 0.4) is 0 Å². The van der Waals surface area contributed by atoms with Crippen molar-refractivity contribution in [3.05, 3.63) is 129 Å². The molecule has 3 aliphatic carbocycles. The maximum Gasteiger partial charge on any atom is -1.00 e. The summed E-state index contributed by atoms with van der Waals surface area (Å²) in [5.74, 6) is 0. The average Bonchev–Trinajstić information content (AvgIpc) is 3.29. The zero-order valence-electron chi connectivity index (χ0n) is 25.6. The number of benzene rings is 4. The Morgan fingerprint density at radius 3 is 1.30 bits per heavy atom. The van der Waals surface area contributed by atoms with Crippen LogP contribution in [0, 0.1) is 13.8 Å². The van der Waals surface area contributed by atoms with Gasteiger partial charge in [0, 0.05) is 0 Å². The summed E-state index contributed by atoms with van der Waals surface area (Å²) in [6, 6.07) is 32.8. The first-order valence-corrected chi connectivity index (χ1v) is 21.4. The van der Waals surface area contributed by atoms with Gasteiger partial charge < -0.3 is 24.8 Å². The molecule has 0 radical (unpaired) electrons. The van der Waals surface area contributed by atoms with Gasteiger partial charge in [-0.2, -0.15) is 0 Å². The number of allylic oxidation sites excluding steroid dienone is 2. The Labute approximate surface area is 274 Å². The van der Waals surface area contributed by atoms with Crippen molar-refractivity contribution in [1.29, 1.82) is 0 Å². The van der Waals surface area contributed by atoms with Crippen LogP contribution in [0.4, 0.5) is 0 Å². The van der Waals surface area contributed by atoms with Crippen molar-refractivity contribution >= 4 is 12.2 Å². The molecule has 1 heterocycles. The molecule has 0 spiro atoms. The number of halogens is 2. The predicted molar refractivity (Wildman–Crippen MR) is 172 cm³/mol. The summed E-state index contributed by atoms with van der Waals surface area (Å²) in [6.45, 7) is 9.35. The Kier molecular flexibility index (Phi) is 8.34. The van der Waals surface area contributed by atoms with Crippen molar-refractivity contribution in [2.75, 3.05) is 0 Å². The third-order valence-corrected chi connectivity index (χ3v) is 28.7. The van der Waals surface area contributed by atoms with Gasteiger partial charge in [0.25, 0.3) is 0 Å². The monoisotopic (exact) mass is 680 g/mol. The van der Waals surface area contributed by atoms with Crippen LogP contribution in [0.15, 0.2) is 96.1 Å². The quantitative estimate of drug-likeness (QED) is 0.264. The molecule has 0 bridgehead atoms. The normalized spacial score (nSPS) is 24.7. The standard InChI is InChI=1S/2C17H15.C6H10.2ClH.Zr/c2*1-12-6-8-14(9-7-12)16-5-3-4-15-10-13(2)11-17(15)16;1-2-4-6-5-3-1;;;/h2*3-11H,1-2H3;1-2H,3-6H2;2*1H;/q;;;;;+2/p-2. The molecular weight excluding hydrogens is 643 g/mol. The maximum absolute atomic E-state index is 2.88. The van der Waals surface area contributed by atoms with Crippen LogP contribution in [0.1, 0.15) is 80.2 Å². The fourth-order valence-corrected chi connectivity index (χ4v) is 32.8. The minimum absolute atomic E-state index is 0. The first-order valence-electron chi connectivity index (χ1n) is 15.7. The SMILES string of the molecule is CC1=Cc2c(-c3ccc(C)cc3)cccc2[CH]1[Zr+2]1([CH]2C(C)=Cc3c(-c4ccc(C)cc4)cccc32)[CH]2CCCC[CH]21.[Cl-].[Cl-]. The van der Waals surface area contributed by atoms with Crippen molar-refractivity contribution in [2.45, 2.75) is 67.9 Å². The minimum atomic E-state index is -2.88. The molecule has 4 atom stereocenters. The first-order chi connectivity index (χ1) is 20.0. The third kappa shape index (κ3) is 4.64. The van der Waals surface area contributed by atoms with E-state index in [1.165, 1.54) is 70.2 Å². The molecule has 8 rings (SSSR count). The van der Waals surface area contributed by atoms with Crippen LogP contribution >= 0.6 is 0 Å². The first kappa shape index (κ1) is 30.8. The molecule has 4 aliphatic rings. The van der Waals surface area contributed by atoms with Gasteiger partial charge in [-0.05, 0) is 0 Å². The van der Waals surface area contributed by atoms with E-state index in [9.17, 15) is 0 Å². The van der Waals surface area contributed by atoms with Gasteiger partial charge >= 0.3 is 252 Å². The topological polar surface area (TPSA) is 0 Å². The third-order valence-electron chi connectivity index (χ3n) is 11.2. The summed E-state index contributed by atoms with van der Waals surface area (Å²) in [7, 11) is 0. The fraction of sp³-hybridized carbons (Fsp3) is 0.300. The molecular formula is C40H40Cl2Zr. The molecule has 1 saturated carbocycles. The second-order valence-corrected chi connectivity index (χ2v) is 24.9. The number of hydrogen-bond acceptors (Lipinski definition) is 0. The Morgan fingerprint density at radius 2 is 0.907 bits per heavy atom. The molecule has 218 valence electrons. The molecule has 1 saturated heterocycles. The molecule has 4 unspecified atom stereocenters. The molecule has 0 amide bonds. The Bertz CT molecular complexity index is 1610.